The minimum atomic E-state index is -1.09. The summed E-state index contributed by atoms with van der Waals surface area (Å²) in [7, 11) is 1.41. The molecular weight excluding hydrogens is 284 g/mol. The van der Waals surface area contributed by atoms with Gasteiger partial charge in [-0.2, -0.15) is 4.98 Å². The van der Waals surface area contributed by atoms with Crippen molar-refractivity contribution in [2.75, 3.05) is 13.4 Å². The summed E-state index contributed by atoms with van der Waals surface area (Å²) in [5, 5.41) is 20.3. The summed E-state index contributed by atoms with van der Waals surface area (Å²) < 4.78 is 12.2. The monoisotopic (exact) mass is 302 g/mol. The maximum Gasteiger partial charge on any atom is 0.273 e. The highest BCUT2D eigenvalue weighted by atomic mass is 32.2. The van der Waals surface area contributed by atoms with E-state index in [1.807, 2.05) is 6.26 Å². The number of aryl methyl sites for hydroxylation is 1. The van der Waals surface area contributed by atoms with E-state index >= 15 is 0 Å². The molecule has 7 nitrogen and oxygen atoms in total. The van der Waals surface area contributed by atoms with E-state index in [1.165, 1.54) is 24.9 Å². The van der Waals surface area contributed by atoms with Crippen LogP contribution in [-0.4, -0.2) is 57.7 Å². The number of ether oxygens (including phenoxy) is 2. The fourth-order valence-corrected chi connectivity index (χ4v) is 2.83. The van der Waals surface area contributed by atoms with Crippen LogP contribution >= 0.6 is 11.8 Å². The van der Waals surface area contributed by atoms with Crippen LogP contribution in [0.4, 0.5) is 0 Å². The van der Waals surface area contributed by atoms with Crippen molar-refractivity contribution in [2.45, 2.75) is 43.2 Å². The first-order valence-electron chi connectivity index (χ1n) is 6.14. The maximum absolute atomic E-state index is 11.4. The predicted octanol–water partition coefficient (Wildman–Crippen LogP) is -0.633. The zero-order chi connectivity index (χ0) is 14.9. The molecule has 0 spiro atoms. The Hall–Kier alpha value is -0.930. The Labute approximate surface area is 120 Å². The maximum atomic E-state index is 11.4. The van der Waals surface area contributed by atoms with Gasteiger partial charge in [0, 0.05) is 18.9 Å². The van der Waals surface area contributed by atoms with E-state index in [2.05, 4.69) is 4.98 Å². The number of nitrogens with zero attached hydrogens (tertiary/aromatic N) is 2. The lowest BCUT2D eigenvalue weighted by atomic mass is 10.1. The van der Waals surface area contributed by atoms with Crippen molar-refractivity contribution in [3.63, 3.8) is 0 Å². The Bertz CT molecular complexity index is 535. The molecule has 0 aliphatic carbocycles. The van der Waals surface area contributed by atoms with E-state index in [0.717, 1.165) is 5.69 Å². The van der Waals surface area contributed by atoms with Gasteiger partial charge in [0.25, 0.3) is 5.56 Å². The fraction of sp³-hybridized carbons (Fsp3) is 0.667. The van der Waals surface area contributed by atoms with Gasteiger partial charge in [0.1, 0.15) is 18.3 Å². The van der Waals surface area contributed by atoms with Crippen molar-refractivity contribution in [3.8, 4) is 0 Å². The Morgan fingerprint density at radius 2 is 2.20 bits per heavy atom. The zero-order valence-electron chi connectivity index (χ0n) is 11.5. The third-order valence-electron chi connectivity index (χ3n) is 3.29. The van der Waals surface area contributed by atoms with Gasteiger partial charge in [0.05, 0.1) is 6.54 Å². The summed E-state index contributed by atoms with van der Waals surface area (Å²) in [6, 6.07) is 1.42. The molecule has 0 aromatic carbocycles. The first kappa shape index (κ1) is 15.5. The molecule has 0 amide bonds. The molecule has 1 aromatic rings. The second kappa shape index (κ2) is 6.23. The van der Waals surface area contributed by atoms with Crippen LogP contribution in [0.15, 0.2) is 16.0 Å². The van der Waals surface area contributed by atoms with Gasteiger partial charge in [0.15, 0.2) is 11.4 Å². The van der Waals surface area contributed by atoms with E-state index in [9.17, 15) is 15.0 Å². The first-order chi connectivity index (χ1) is 9.47. The highest BCUT2D eigenvalue weighted by molar-refractivity contribution is 7.98. The molecule has 0 bridgehead atoms. The van der Waals surface area contributed by atoms with Gasteiger partial charge in [-0.3, -0.25) is 4.79 Å². The van der Waals surface area contributed by atoms with Gasteiger partial charge in [-0.1, -0.05) is 11.8 Å². The molecule has 112 valence electrons. The number of methoxy groups -OCH3 is 1. The Morgan fingerprint density at radius 3 is 2.75 bits per heavy atom. The molecule has 1 saturated heterocycles. The number of hydrogen-bond donors (Lipinski definition) is 2. The van der Waals surface area contributed by atoms with E-state index < -0.39 is 24.6 Å². The summed E-state index contributed by atoms with van der Waals surface area (Å²) >= 11 is 1.34. The number of aromatic nitrogens is 2. The molecule has 0 radical (unpaired) electrons. The summed E-state index contributed by atoms with van der Waals surface area (Å²) in [6.45, 7) is 2.07. The predicted molar refractivity (Wildman–Crippen MR) is 72.7 cm³/mol. The van der Waals surface area contributed by atoms with Crippen LogP contribution in [0.3, 0.4) is 0 Å². The molecule has 1 aliphatic rings. The molecule has 1 aliphatic heterocycles. The van der Waals surface area contributed by atoms with Crippen molar-refractivity contribution in [1.29, 1.82) is 0 Å². The van der Waals surface area contributed by atoms with Gasteiger partial charge >= 0.3 is 0 Å². The fourth-order valence-electron chi connectivity index (χ4n) is 2.21. The number of thioether (sulfide) groups is 1. The van der Waals surface area contributed by atoms with Crippen LogP contribution in [0, 0.1) is 6.92 Å². The third-order valence-corrected chi connectivity index (χ3v) is 3.97. The van der Waals surface area contributed by atoms with Crippen molar-refractivity contribution < 1.29 is 19.7 Å². The van der Waals surface area contributed by atoms with E-state index in [0.29, 0.717) is 5.16 Å². The molecule has 1 fully saturated rings. The van der Waals surface area contributed by atoms with Crippen LogP contribution in [0.5, 0.6) is 0 Å². The highest BCUT2D eigenvalue weighted by Crippen LogP contribution is 2.24. The number of aliphatic hydroxyl groups excluding tert-OH is 2. The molecule has 4 atom stereocenters. The molecule has 0 saturated carbocycles. The molecule has 0 unspecified atom stereocenters. The lowest BCUT2D eigenvalue weighted by Gasteiger charge is -2.20. The summed E-state index contributed by atoms with van der Waals surface area (Å²) in [5.74, 6) is 0. The summed E-state index contributed by atoms with van der Waals surface area (Å²) in [5.41, 5.74) is 0.422. The van der Waals surface area contributed by atoms with Crippen molar-refractivity contribution in [3.05, 3.63) is 22.1 Å². The van der Waals surface area contributed by atoms with Crippen molar-refractivity contribution >= 4 is 11.8 Å². The van der Waals surface area contributed by atoms with Crippen LogP contribution in [0.25, 0.3) is 0 Å². The molecule has 2 N–H and O–H groups in total. The molecule has 8 heteroatoms. The third kappa shape index (κ3) is 2.89. The van der Waals surface area contributed by atoms with Gasteiger partial charge < -0.3 is 24.3 Å². The van der Waals surface area contributed by atoms with E-state index in [1.54, 1.807) is 11.5 Å². The number of rotatable bonds is 4. The van der Waals surface area contributed by atoms with E-state index in [4.69, 9.17) is 9.47 Å². The average Bonchev–Trinajstić information content (AvgIpc) is 2.69. The van der Waals surface area contributed by atoms with Gasteiger partial charge in [-0.25, -0.2) is 0 Å². The molecule has 20 heavy (non-hydrogen) atoms. The van der Waals surface area contributed by atoms with Gasteiger partial charge in [-0.05, 0) is 13.2 Å². The largest absolute Gasteiger partial charge is 0.387 e. The Kier molecular flexibility index (Phi) is 4.82. The van der Waals surface area contributed by atoms with Gasteiger partial charge in [0.2, 0.25) is 0 Å². The molecule has 2 rings (SSSR count). The minimum Gasteiger partial charge on any atom is -0.387 e. The average molecular weight is 302 g/mol. The second-order valence-corrected chi connectivity index (χ2v) is 5.37. The summed E-state index contributed by atoms with van der Waals surface area (Å²) in [6.07, 6.45) is -1.79. The van der Waals surface area contributed by atoms with Crippen LogP contribution in [0.2, 0.25) is 0 Å². The first-order valence-corrected chi connectivity index (χ1v) is 7.37. The Morgan fingerprint density at radius 1 is 1.50 bits per heavy atom. The topological polar surface area (TPSA) is 93.8 Å². The summed E-state index contributed by atoms with van der Waals surface area (Å²) in [4.78, 5) is 15.3. The van der Waals surface area contributed by atoms with Crippen LogP contribution < -0.4 is 5.56 Å². The normalized spacial score (nSPS) is 29.9. The number of hydrogen-bond acceptors (Lipinski definition) is 7. The van der Waals surface area contributed by atoms with Gasteiger partial charge in [-0.15, -0.1) is 0 Å². The van der Waals surface area contributed by atoms with Crippen LogP contribution in [-0.2, 0) is 16.0 Å². The highest BCUT2D eigenvalue weighted by Gasteiger charge is 2.43. The van der Waals surface area contributed by atoms with Crippen LogP contribution in [0.1, 0.15) is 5.69 Å². The zero-order valence-corrected chi connectivity index (χ0v) is 12.3. The smallest absolute Gasteiger partial charge is 0.273 e. The second-order valence-electron chi connectivity index (χ2n) is 4.59. The molecule has 2 heterocycles. The van der Waals surface area contributed by atoms with Crippen molar-refractivity contribution in [2.24, 2.45) is 0 Å². The Balaban J connectivity index is 2.25. The van der Waals surface area contributed by atoms with E-state index in [-0.39, 0.29) is 12.1 Å². The quantitative estimate of drug-likeness (QED) is 0.565. The lowest BCUT2D eigenvalue weighted by molar-refractivity contribution is -0.150. The minimum absolute atomic E-state index is 0.285. The number of aliphatic hydroxyl groups is 2. The SMILES string of the molecule is CO[C@@H]1O[C@H](Cn2c(C)cc(=O)nc2SC)[C@@H](O)[C@H]1O. The lowest BCUT2D eigenvalue weighted by Crippen LogP contribution is -2.35. The standard InChI is InChI=1S/C12H18N2O5S/c1-6-4-8(15)13-12(20-3)14(6)5-7-9(16)10(17)11(18-2)19-7/h4,7,9-11,16-17H,5H2,1-3H3/t7-,9-,10-,11-/m1/s1. The van der Waals surface area contributed by atoms with Crippen molar-refractivity contribution in [1.82, 2.24) is 9.55 Å². The molecular formula is C12H18N2O5S. The molecule has 1 aromatic heterocycles.